The van der Waals surface area contributed by atoms with Crippen LogP contribution in [0.4, 0.5) is 4.39 Å². The predicted octanol–water partition coefficient (Wildman–Crippen LogP) is 2.06. The van der Waals surface area contributed by atoms with Crippen LogP contribution >= 0.6 is 11.6 Å². The number of hydrogen-bond donors (Lipinski definition) is 0. The zero-order valence-electron chi connectivity index (χ0n) is 8.86. The smallest absolute Gasteiger partial charge is 0.273 e. The molecule has 1 aromatic rings. The molecule has 1 aliphatic carbocycles. The second-order valence-corrected chi connectivity index (χ2v) is 4.35. The third kappa shape index (κ3) is 1.78. The standard InChI is InChI=1S/C11H12ClFN2O/c1-15(10(16)9(12)13)11(4-5-11)8-3-2-6-14-7-8/h2-3,6-7,9H,4-5H2,1H3. The zero-order chi connectivity index (χ0) is 11.8. The first-order chi connectivity index (χ1) is 7.58. The molecule has 0 radical (unpaired) electrons. The van der Waals surface area contributed by atoms with Gasteiger partial charge in [0.2, 0.25) is 0 Å². The largest absolute Gasteiger partial charge is 0.332 e. The van der Waals surface area contributed by atoms with Crippen LogP contribution in [-0.2, 0) is 10.3 Å². The summed E-state index contributed by atoms with van der Waals surface area (Å²) in [5.41, 5.74) is -1.44. The molecular weight excluding hydrogens is 231 g/mol. The van der Waals surface area contributed by atoms with Crippen LogP contribution in [0.15, 0.2) is 24.5 Å². The number of nitrogens with zero attached hydrogens (tertiary/aromatic N) is 2. The molecule has 5 heteroatoms. The van der Waals surface area contributed by atoms with Crippen molar-refractivity contribution in [1.82, 2.24) is 9.88 Å². The van der Waals surface area contributed by atoms with Gasteiger partial charge in [-0.25, -0.2) is 4.39 Å². The number of rotatable bonds is 3. The fourth-order valence-corrected chi connectivity index (χ4v) is 2.08. The maximum absolute atomic E-state index is 12.8. The molecule has 3 nitrogen and oxygen atoms in total. The minimum atomic E-state index is -1.97. The Bertz CT molecular complexity index is 392. The molecule has 1 atom stereocenters. The van der Waals surface area contributed by atoms with Crippen molar-refractivity contribution >= 4 is 17.5 Å². The van der Waals surface area contributed by atoms with E-state index in [-0.39, 0.29) is 0 Å². The number of carbonyl (C=O) groups is 1. The average Bonchev–Trinajstić information content (AvgIpc) is 3.09. The summed E-state index contributed by atoms with van der Waals surface area (Å²) in [7, 11) is 1.58. The maximum Gasteiger partial charge on any atom is 0.273 e. The van der Waals surface area contributed by atoms with E-state index in [4.69, 9.17) is 11.6 Å². The summed E-state index contributed by atoms with van der Waals surface area (Å²) in [4.78, 5) is 16.9. The average molecular weight is 243 g/mol. The lowest BCUT2D eigenvalue weighted by Gasteiger charge is -2.28. The summed E-state index contributed by atoms with van der Waals surface area (Å²) in [6, 6.07) is 3.70. The van der Waals surface area contributed by atoms with E-state index in [9.17, 15) is 9.18 Å². The van der Waals surface area contributed by atoms with E-state index in [0.717, 1.165) is 18.4 Å². The number of halogens is 2. The van der Waals surface area contributed by atoms with Crippen LogP contribution in [0, 0.1) is 0 Å². The molecule has 0 bridgehead atoms. The van der Waals surface area contributed by atoms with Gasteiger partial charge in [-0.1, -0.05) is 17.7 Å². The lowest BCUT2D eigenvalue weighted by molar-refractivity contribution is -0.135. The molecule has 0 aliphatic heterocycles. The number of alkyl halides is 2. The monoisotopic (exact) mass is 242 g/mol. The second kappa shape index (κ2) is 4.01. The van der Waals surface area contributed by atoms with Gasteiger partial charge in [0.25, 0.3) is 11.5 Å². The van der Waals surface area contributed by atoms with E-state index in [0.29, 0.717) is 0 Å². The van der Waals surface area contributed by atoms with E-state index >= 15 is 0 Å². The van der Waals surface area contributed by atoms with Crippen LogP contribution in [0.3, 0.4) is 0 Å². The third-order valence-corrected chi connectivity index (χ3v) is 3.27. The Hall–Kier alpha value is -1.16. The highest BCUT2D eigenvalue weighted by Gasteiger charge is 2.51. The molecule has 0 aromatic carbocycles. The van der Waals surface area contributed by atoms with E-state index < -0.39 is 17.1 Å². The summed E-state index contributed by atoms with van der Waals surface area (Å²) < 4.78 is 12.8. The Labute approximate surface area is 98.2 Å². The van der Waals surface area contributed by atoms with Crippen LogP contribution in [0.1, 0.15) is 18.4 Å². The topological polar surface area (TPSA) is 33.2 Å². The van der Waals surface area contributed by atoms with Gasteiger partial charge < -0.3 is 4.90 Å². The van der Waals surface area contributed by atoms with Crippen molar-refractivity contribution in [2.75, 3.05) is 7.05 Å². The van der Waals surface area contributed by atoms with Crippen LogP contribution in [0.2, 0.25) is 0 Å². The molecule has 1 aliphatic rings. The van der Waals surface area contributed by atoms with Crippen molar-refractivity contribution in [1.29, 1.82) is 0 Å². The highest BCUT2D eigenvalue weighted by Crippen LogP contribution is 2.50. The van der Waals surface area contributed by atoms with E-state index in [1.807, 2.05) is 6.07 Å². The van der Waals surface area contributed by atoms with Crippen molar-refractivity contribution in [2.45, 2.75) is 24.0 Å². The highest BCUT2D eigenvalue weighted by molar-refractivity contribution is 6.29. The van der Waals surface area contributed by atoms with E-state index in [1.165, 1.54) is 4.90 Å². The van der Waals surface area contributed by atoms with Crippen LogP contribution in [0.5, 0.6) is 0 Å². The zero-order valence-corrected chi connectivity index (χ0v) is 9.62. The molecule has 0 saturated heterocycles. The number of carbonyl (C=O) groups excluding carboxylic acids is 1. The minimum absolute atomic E-state index is 0.398. The van der Waals surface area contributed by atoms with Crippen molar-refractivity contribution in [3.63, 3.8) is 0 Å². The molecule has 1 heterocycles. The van der Waals surface area contributed by atoms with E-state index in [1.54, 1.807) is 25.5 Å². The number of aromatic nitrogens is 1. The van der Waals surface area contributed by atoms with Gasteiger partial charge in [-0.05, 0) is 24.5 Å². The third-order valence-electron chi connectivity index (χ3n) is 3.08. The molecule has 1 fully saturated rings. The molecule has 86 valence electrons. The molecule has 0 N–H and O–H groups in total. The molecule has 16 heavy (non-hydrogen) atoms. The van der Waals surface area contributed by atoms with Gasteiger partial charge in [0, 0.05) is 19.4 Å². The van der Waals surface area contributed by atoms with Gasteiger partial charge in [0.05, 0.1) is 5.54 Å². The Morgan fingerprint density at radius 2 is 2.38 bits per heavy atom. The summed E-state index contributed by atoms with van der Waals surface area (Å²) in [5, 5.41) is 0. The minimum Gasteiger partial charge on any atom is -0.332 e. The van der Waals surface area contributed by atoms with Gasteiger partial charge in [-0.2, -0.15) is 0 Å². The highest BCUT2D eigenvalue weighted by atomic mass is 35.5. The van der Waals surface area contributed by atoms with Crippen LogP contribution in [-0.4, -0.2) is 28.5 Å². The molecule has 1 unspecified atom stereocenters. The van der Waals surface area contributed by atoms with Crippen molar-refractivity contribution in [3.8, 4) is 0 Å². The predicted molar refractivity (Wildman–Crippen MR) is 58.7 cm³/mol. The summed E-state index contributed by atoms with van der Waals surface area (Å²) >= 11 is 5.17. The first-order valence-corrected chi connectivity index (χ1v) is 5.48. The van der Waals surface area contributed by atoms with Crippen LogP contribution in [0.25, 0.3) is 0 Å². The first kappa shape index (κ1) is 11.3. The maximum atomic E-state index is 12.8. The summed E-state index contributed by atoms with van der Waals surface area (Å²) in [6.07, 6.45) is 5.02. The number of hydrogen-bond acceptors (Lipinski definition) is 2. The molecular formula is C11H12ClFN2O. The Kier molecular flexibility index (Phi) is 2.84. The van der Waals surface area contributed by atoms with Gasteiger partial charge >= 0.3 is 0 Å². The Morgan fingerprint density at radius 3 is 2.81 bits per heavy atom. The number of amides is 1. The number of pyridine rings is 1. The van der Waals surface area contributed by atoms with Crippen molar-refractivity contribution in [3.05, 3.63) is 30.1 Å². The van der Waals surface area contributed by atoms with Crippen molar-refractivity contribution in [2.24, 2.45) is 0 Å². The van der Waals surface area contributed by atoms with Gasteiger partial charge in [-0.15, -0.1) is 0 Å². The Morgan fingerprint density at radius 1 is 1.69 bits per heavy atom. The quantitative estimate of drug-likeness (QED) is 0.761. The molecule has 1 aromatic heterocycles. The normalized spacial score (nSPS) is 18.9. The molecule has 2 rings (SSSR count). The van der Waals surface area contributed by atoms with E-state index in [2.05, 4.69) is 4.98 Å². The lowest BCUT2D eigenvalue weighted by Crippen LogP contribution is -2.40. The fourth-order valence-electron chi connectivity index (χ4n) is 1.93. The van der Waals surface area contributed by atoms with Gasteiger partial charge in [0.1, 0.15) is 0 Å². The van der Waals surface area contributed by atoms with Gasteiger partial charge in [-0.3, -0.25) is 9.78 Å². The lowest BCUT2D eigenvalue weighted by atomic mass is 10.1. The second-order valence-electron chi connectivity index (χ2n) is 3.97. The Balaban J connectivity index is 2.24. The summed E-state index contributed by atoms with van der Waals surface area (Å²) in [5.74, 6) is -0.692. The first-order valence-electron chi connectivity index (χ1n) is 5.04. The molecule has 1 saturated carbocycles. The molecule has 1 amide bonds. The van der Waals surface area contributed by atoms with Crippen LogP contribution < -0.4 is 0 Å². The summed E-state index contributed by atoms with van der Waals surface area (Å²) in [6.45, 7) is 0. The van der Waals surface area contributed by atoms with Crippen molar-refractivity contribution < 1.29 is 9.18 Å². The SMILES string of the molecule is CN(C(=O)C(F)Cl)C1(c2cccnc2)CC1. The van der Waals surface area contributed by atoms with Gasteiger partial charge in [0.15, 0.2) is 0 Å². The fraction of sp³-hybridized carbons (Fsp3) is 0.455. The molecule has 0 spiro atoms.